The Kier molecular flexibility index (Phi) is 12.1. The minimum absolute atomic E-state index is 0.0819. The lowest BCUT2D eigenvalue weighted by Crippen LogP contribution is -2.42. The van der Waals surface area contributed by atoms with Crippen molar-refractivity contribution in [1.29, 1.82) is 0 Å². The molecule has 2 atom stereocenters. The summed E-state index contributed by atoms with van der Waals surface area (Å²) in [5, 5.41) is 2.61. The number of esters is 1. The van der Waals surface area contributed by atoms with Crippen LogP contribution >= 0.6 is 0 Å². The van der Waals surface area contributed by atoms with Gasteiger partial charge in [0.2, 0.25) is 5.91 Å². The minimum atomic E-state index is -0.643. The molecule has 1 aromatic carbocycles. The summed E-state index contributed by atoms with van der Waals surface area (Å²) in [7, 11) is 1.59. The number of amides is 2. The van der Waals surface area contributed by atoms with Gasteiger partial charge in [0, 0.05) is 20.0 Å². The van der Waals surface area contributed by atoms with Crippen molar-refractivity contribution in [2.45, 2.75) is 83.5 Å². The van der Waals surface area contributed by atoms with E-state index in [2.05, 4.69) is 24.4 Å². The highest BCUT2D eigenvalue weighted by atomic mass is 16.6. The molecular formula is C26H38N2O5. The molecule has 2 rings (SSSR count). The Labute approximate surface area is 197 Å². The van der Waals surface area contributed by atoms with Crippen molar-refractivity contribution in [1.82, 2.24) is 10.2 Å². The van der Waals surface area contributed by atoms with Gasteiger partial charge in [-0.2, -0.15) is 0 Å². The van der Waals surface area contributed by atoms with Crippen LogP contribution in [0.2, 0.25) is 0 Å². The first-order chi connectivity index (χ1) is 16.0. The summed E-state index contributed by atoms with van der Waals surface area (Å²) in [6.45, 7) is 2.79. The molecule has 1 saturated heterocycles. The highest BCUT2D eigenvalue weighted by Crippen LogP contribution is 2.22. The molecule has 33 heavy (non-hydrogen) atoms. The van der Waals surface area contributed by atoms with Crippen LogP contribution in [-0.4, -0.2) is 48.6 Å². The fourth-order valence-corrected chi connectivity index (χ4v) is 3.79. The van der Waals surface area contributed by atoms with Gasteiger partial charge in [-0.25, -0.2) is 9.59 Å². The lowest BCUT2D eigenvalue weighted by atomic mass is 10.1. The van der Waals surface area contributed by atoms with E-state index in [0.29, 0.717) is 32.2 Å². The number of ether oxygens (including phenoxy) is 2. The number of nitrogens with one attached hydrogen (secondary N) is 1. The summed E-state index contributed by atoms with van der Waals surface area (Å²) in [4.78, 5) is 38.7. The van der Waals surface area contributed by atoms with E-state index in [4.69, 9.17) is 9.47 Å². The second-order valence-corrected chi connectivity index (χ2v) is 8.35. The largest absolute Gasteiger partial charge is 0.461 e. The second kappa shape index (κ2) is 15.1. The average molecular weight is 459 g/mol. The molecule has 7 nitrogen and oxygen atoms in total. The third-order valence-electron chi connectivity index (χ3n) is 5.77. The van der Waals surface area contributed by atoms with Gasteiger partial charge in [-0.3, -0.25) is 9.69 Å². The number of allylic oxidation sites excluding steroid dienone is 2. The Bertz CT molecular complexity index is 765. The van der Waals surface area contributed by atoms with Gasteiger partial charge in [0.05, 0.1) is 0 Å². The third kappa shape index (κ3) is 9.68. The zero-order chi connectivity index (χ0) is 23.9. The van der Waals surface area contributed by atoms with Gasteiger partial charge in [-0.05, 0) is 44.1 Å². The first kappa shape index (κ1) is 26.4. The van der Waals surface area contributed by atoms with Crippen molar-refractivity contribution in [3.63, 3.8) is 0 Å². The van der Waals surface area contributed by atoms with Crippen LogP contribution in [0.5, 0.6) is 0 Å². The van der Waals surface area contributed by atoms with Gasteiger partial charge < -0.3 is 14.8 Å². The number of hydrogen-bond donors (Lipinski definition) is 1. The fourth-order valence-electron chi connectivity index (χ4n) is 3.79. The molecule has 182 valence electrons. The van der Waals surface area contributed by atoms with Crippen molar-refractivity contribution >= 4 is 18.0 Å². The fraction of sp³-hybridized carbons (Fsp3) is 0.577. The molecule has 0 bridgehead atoms. The predicted molar refractivity (Wildman–Crippen MR) is 127 cm³/mol. The maximum absolute atomic E-state index is 12.9. The first-order valence-electron chi connectivity index (χ1n) is 12.1. The van der Waals surface area contributed by atoms with Crippen LogP contribution < -0.4 is 5.32 Å². The number of nitrogens with zero attached hydrogens (tertiary/aromatic N) is 1. The van der Waals surface area contributed by atoms with Crippen LogP contribution in [0.4, 0.5) is 4.79 Å². The van der Waals surface area contributed by atoms with Gasteiger partial charge >= 0.3 is 12.1 Å². The second-order valence-electron chi connectivity index (χ2n) is 8.35. The molecule has 1 heterocycles. The predicted octanol–water partition coefficient (Wildman–Crippen LogP) is 4.75. The lowest BCUT2D eigenvalue weighted by molar-refractivity contribution is -0.155. The van der Waals surface area contributed by atoms with E-state index in [1.807, 2.05) is 30.3 Å². The SMILES string of the molecule is CCCC/C=C\CC[C@@H](CCC(=O)NC)OC(=O)[C@@H]1CCCN1C(=O)OCc1ccccc1. The molecule has 7 heteroatoms. The van der Waals surface area contributed by atoms with Crippen LogP contribution in [0, 0.1) is 0 Å². The van der Waals surface area contributed by atoms with Gasteiger partial charge in [0.25, 0.3) is 0 Å². The van der Waals surface area contributed by atoms with Crippen LogP contribution in [0.1, 0.15) is 70.3 Å². The van der Waals surface area contributed by atoms with Crippen molar-refractivity contribution in [3.8, 4) is 0 Å². The van der Waals surface area contributed by atoms with Crippen LogP contribution in [0.3, 0.4) is 0 Å². The summed E-state index contributed by atoms with van der Waals surface area (Å²) in [5.74, 6) is -0.498. The zero-order valence-electron chi connectivity index (χ0n) is 20.0. The molecule has 1 aliphatic rings. The average Bonchev–Trinajstić information content (AvgIpc) is 3.33. The van der Waals surface area contributed by atoms with Crippen molar-refractivity contribution in [2.75, 3.05) is 13.6 Å². The van der Waals surface area contributed by atoms with Gasteiger partial charge in [0.1, 0.15) is 18.8 Å². The Balaban J connectivity index is 1.90. The Morgan fingerprint density at radius 1 is 1.15 bits per heavy atom. The summed E-state index contributed by atoms with van der Waals surface area (Å²) in [6, 6.07) is 8.80. The maximum atomic E-state index is 12.9. The standard InChI is InChI=1S/C26H38N2O5/c1-3-4-5-6-7-11-15-22(17-18-24(29)27-2)33-25(30)23-16-12-19-28(23)26(31)32-20-21-13-9-8-10-14-21/h6-10,13-14,22-23H,3-5,11-12,15-20H2,1-2H3,(H,27,29)/b7-6-/t22-,23-/m0/s1. The molecule has 1 N–H and O–H groups in total. The first-order valence-corrected chi connectivity index (χ1v) is 12.1. The summed E-state index contributed by atoms with van der Waals surface area (Å²) >= 11 is 0. The summed E-state index contributed by atoms with van der Waals surface area (Å²) in [6.07, 6.45) is 10.2. The molecule has 2 amide bonds. The lowest BCUT2D eigenvalue weighted by Gasteiger charge is -2.25. The maximum Gasteiger partial charge on any atom is 0.410 e. The normalized spacial score (nSPS) is 16.5. The molecule has 0 aromatic heterocycles. The van der Waals surface area contributed by atoms with Crippen molar-refractivity contribution < 1.29 is 23.9 Å². The smallest absolute Gasteiger partial charge is 0.410 e. The van der Waals surface area contributed by atoms with Crippen molar-refractivity contribution in [2.24, 2.45) is 0 Å². The molecule has 1 aromatic rings. The van der Waals surface area contributed by atoms with E-state index in [1.54, 1.807) is 7.05 Å². The quantitative estimate of drug-likeness (QED) is 0.262. The van der Waals surface area contributed by atoms with E-state index in [0.717, 1.165) is 37.7 Å². The van der Waals surface area contributed by atoms with E-state index in [1.165, 1.54) is 4.90 Å². The summed E-state index contributed by atoms with van der Waals surface area (Å²) < 4.78 is 11.2. The molecule has 0 saturated carbocycles. The number of unbranched alkanes of at least 4 members (excludes halogenated alkanes) is 2. The van der Waals surface area contributed by atoms with Gasteiger partial charge in [-0.15, -0.1) is 0 Å². The van der Waals surface area contributed by atoms with Gasteiger partial charge in [-0.1, -0.05) is 62.2 Å². The molecule has 1 aliphatic heterocycles. The molecular weight excluding hydrogens is 420 g/mol. The van der Waals surface area contributed by atoms with Crippen LogP contribution in [0.15, 0.2) is 42.5 Å². The van der Waals surface area contributed by atoms with E-state index in [9.17, 15) is 14.4 Å². The number of likely N-dealkylation sites (tertiary alicyclic amines) is 1. The molecule has 0 aliphatic carbocycles. The van der Waals surface area contributed by atoms with Crippen LogP contribution in [-0.2, 0) is 25.7 Å². The minimum Gasteiger partial charge on any atom is -0.461 e. The summed E-state index contributed by atoms with van der Waals surface area (Å²) in [5.41, 5.74) is 0.894. The molecule has 0 unspecified atom stereocenters. The highest BCUT2D eigenvalue weighted by molar-refractivity contribution is 5.82. The zero-order valence-corrected chi connectivity index (χ0v) is 20.0. The molecule has 1 fully saturated rings. The third-order valence-corrected chi connectivity index (χ3v) is 5.77. The number of benzene rings is 1. The number of rotatable bonds is 13. The Morgan fingerprint density at radius 3 is 2.64 bits per heavy atom. The topological polar surface area (TPSA) is 84.9 Å². The number of carbonyl (C=O) groups excluding carboxylic acids is 3. The van der Waals surface area contributed by atoms with Gasteiger partial charge in [0.15, 0.2) is 0 Å². The van der Waals surface area contributed by atoms with Crippen molar-refractivity contribution in [3.05, 3.63) is 48.0 Å². The van der Waals surface area contributed by atoms with E-state index in [-0.39, 0.29) is 18.6 Å². The number of carbonyl (C=O) groups is 3. The Hall–Kier alpha value is -2.83. The molecule has 0 spiro atoms. The van der Waals surface area contributed by atoms with E-state index < -0.39 is 18.1 Å². The Morgan fingerprint density at radius 2 is 1.91 bits per heavy atom. The number of hydrogen-bond acceptors (Lipinski definition) is 5. The molecule has 0 radical (unpaired) electrons. The van der Waals surface area contributed by atoms with E-state index >= 15 is 0 Å². The van der Waals surface area contributed by atoms with Crippen LogP contribution in [0.25, 0.3) is 0 Å². The monoisotopic (exact) mass is 458 g/mol. The highest BCUT2D eigenvalue weighted by Gasteiger charge is 2.37.